The molecule has 0 unspecified atom stereocenters. The van der Waals surface area contributed by atoms with E-state index in [1.807, 2.05) is 19.1 Å². The number of carbonyl (C=O) groups excluding carboxylic acids is 2. The Labute approximate surface area is 142 Å². The number of rotatable bonds is 3. The first-order valence-electron chi connectivity index (χ1n) is 7.44. The van der Waals surface area contributed by atoms with Crippen LogP contribution in [-0.4, -0.2) is 58.9 Å². The lowest BCUT2D eigenvalue weighted by Gasteiger charge is -2.34. The molecule has 126 valence electrons. The quantitative estimate of drug-likeness (QED) is 0.915. The van der Waals surface area contributed by atoms with Crippen LogP contribution in [0, 0.1) is 6.92 Å². The highest BCUT2D eigenvalue weighted by atomic mass is 32.1. The third-order valence-electron chi connectivity index (χ3n) is 3.83. The number of furan rings is 1. The molecule has 8 heteroatoms. The lowest BCUT2D eigenvalue weighted by molar-refractivity contribution is 0.0514. The Balaban J connectivity index is 1.61. The average molecular weight is 348 g/mol. The second-order valence-electron chi connectivity index (χ2n) is 5.46. The van der Waals surface area contributed by atoms with Gasteiger partial charge in [0.2, 0.25) is 5.76 Å². The average Bonchev–Trinajstić information content (AvgIpc) is 3.23. The predicted octanol–water partition coefficient (Wildman–Crippen LogP) is 1.95. The largest absolute Gasteiger partial charge is 0.475 e. The zero-order chi connectivity index (χ0) is 17.3. The number of hydrogen-bond acceptors (Lipinski definition) is 5. The second kappa shape index (κ2) is 6.48. The Kier molecular flexibility index (Phi) is 4.39. The van der Waals surface area contributed by atoms with Crippen molar-refractivity contribution in [3.8, 4) is 0 Å². The first kappa shape index (κ1) is 16.3. The summed E-state index contributed by atoms with van der Waals surface area (Å²) in [6, 6.07) is 6.34. The first-order valence-corrected chi connectivity index (χ1v) is 8.25. The molecule has 0 atom stereocenters. The summed E-state index contributed by atoms with van der Waals surface area (Å²) in [7, 11) is 0. The maximum absolute atomic E-state index is 12.4. The maximum Gasteiger partial charge on any atom is 0.371 e. The summed E-state index contributed by atoms with van der Waals surface area (Å²) < 4.78 is 5.04. The molecule has 0 aliphatic carbocycles. The highest BCUT2D eigenvalue weighted by Crippen LogP contribution is 2.19. The Morgan fingerprint density at radius 1 is 0.958 bits per heavy atom. The Bertz CT molecular complexity index is 786. The summed E-state index contributed by atoms with van der Waals surface area (Å²) in [5.41, 5.74) is 0. The number of amides is 2. The van der Waals surface area contributed by atoms with E-state index in [0.29, 0.717) is 31.1 Å². The number of carbonyl (C=O) groups is 3. The molecule has 0 bridgehead atoms. The van der Waals surface area contributed by atoms with E-state index in [1.165, 1.54) is 23.5 Å². The van der Waals surface area contributed by atoms with Crippen LogP contribution in [0.15, 0.2) is 28.7 Å². The van der Waals surface area contributed by atoms with Crippen molar-refractivity contribution in [1.29, 1.82) is 0 Å². The minimum atomic E-state index is -1.21. The van der Waals surface area contributed by atoms with Crippen molar-refractivity contribution in [2.45, 2.75) is 6.92 Å². The number of carboxylic acid groups (broad SMARTS) is 1. The summed E-state index contributed by atoms with van der Waals surface area (Å²) in [5, 5.41) is 8.83. The number of piperazine rings is 1. The molecule has 1 aliphatic rings. The second-order valence-corrected chi connectivity index (χ2v) is 6.75. The molecule has 1 saturated heterocycles. The fourth-order valence-electron chi connectivity index (χ4n) is 2.54. The van der Waals surface area contributed by atoms with Crippen LogP contribution in [0.1, 0.15) is 35.7 Å². The fourth-order valence-corrected chi connectivity index (χ4v) is 3.38. The molecule has 1 fully saturated rings. The normalized spacial score (nSPS) is 14.7. The predicted molar refractivity (Wildman–Crippen MR) is 86.5 cm³/mol. The molecule has 2 amide bonds. The highest BCUT2D eigenvalue weighted by Gasteiger charge is 2.27. The van der Waals surface area contributed by atoms with E-state index in [4.69, 9.17) is 9.52 Å². The maximum atomic E-state index is 12.4. The monoisotopic (exact) mass is 348 g/mol. The Morgan fingerprint density at radius 2 is 1.54 bits per heavy atom. The number of thiophene rings is 1. The molecule has 1 aliphatic heterocycles. The van der Waals surface area contributed by atoms with Gasteiger partial charge in [-0.1, -0.05) is 0 Å². The smallest absolute Gasteiger partial charge is 0.371 e. The topological polar surface area (TPSA) is 91.1 Å². The summed E-state index contributed by atoms with van der Waals surface area (Å²) in [6.45, 7) is 3.60. The van der Waals surface area contributed by atoms with E-state index in [1.54, 1.807) is 9.80 Å². The Morgan fingerprint density at radius 3 is 2.04 bits per heavy atom. The summed E-state index contributed by atoms with van der Waals surface area (Å²) in [5.74, 6) is -1.86. The van der Waals surface area contributed by atoms with Crippen LogP contribution in [0.2, 0.25) is 0 Å². The van der Waals surface area contributed by atoms with Gasteiger partial charge in [-0.05, 0) is 31.2 Å². The molecule has 7 nitrogen and oxygen atoms in total. The van der Waals surface area contributed by atoms with Gasteiger partial charge in [0, 0.05) is 31.1 Å². The van der Waals surface area contributed by atoms with Crippen molar-refractivity contribution in [3.63, 3.8) is 0 Å². The lowest BCUT2D eigenvalue weighted by Crippen LogP contribution is -2.50. The molecule has 3 rings (SSSR count). The summed E-state index contributed by atoms with van der Waals surface area (Å²) in [6.07, 6.45) is 0. The zero-order valence-corrected chi connectivity index (χ0v) is 13.8. The molecule has 0 radical (unpaired) electrons. The number of aryl methyl sites for hydroxylation is 1. The van der Waals surface area contributed by atoms with Gasteiger partial charge in [0.05, 0.1) is 4.88 Å². The molecule has 3 heterocycles. The molecule has 0 aromatic carbocycles. The van der Waals surface area contributed by atoms with Gasteiger partial charge in [-0.25, -0.2) is 4.79 Å². The van der Waals surface area contributed by atoms with Crippen molar-refractivity contribution >= 4 is 29.1 Å². The van der Waals surface area contributed by atoms with Crippen molar-refractivity contribution in [2.24, 2.45) is 0 Å². The molecular formula is C16H16N2O5S. The molecule has 24 heavy (non-hydrogen) atoms. The Hall–Kier alpha value is -2.61. The van der Waals surface area contributed by atoms with E-state index in [2.05, 4.69) is 0 Å². The van der Waals surface area contributed by atoms with Crippen molar-refractivity contribution in [1.82, 2.24) is 9.80 Å². The minimum Gasteiger partial charge on any atom is -0.475 e. The standard InChI is InChI=1S/C16H16N2O5S/c1-10-2-5-13(24-10)15(20)18-8-6-17(7-9-18)14(19)11-3-4-12(23-11)16(21)22/h2-5H,6-9H2,1H3,(H,21,22). The van der Waals surface area contributed by atoms with Crippen molar-refractivity contribution in [3.05, 3.63) is 45.5 Å². The van der Waals surface area contributed by atoms with Crippen LogP contribution in [0.25, 0.3) is 0 Å². The number of nitrogens with zero attached hydrogens (tertiary/aromatic N) is 2. The fraction of sp³-hybridized carbons (Fsp3) is 0.312. The van der Waals surface area contributed by atoms with Gasteiger partial charge in [-0.2, -0.15) is 0 Å². The van der Waals surface area contributed by atoms with E-state index in [0.717, 1.165) is 4.88 Å². The van der Waals surface area contributed by atoms with Gasteiger partial charge in [0.1, 0.15) is 0 Å². The summed E-state index contributed by atoms with van der Waals surface area (Å²) in [4.78, 5) is 40.6. The van der Waals surface area contributed by atoms with Crippen LogP contribution in [0.4, 0.5) is 0 Å². The van der Waals surface area contributed by atoms with Crippen LogP contribution >= 0.6 is 11.3 Å². The molecule has 0 saturated carbocycles. The zero-order valence-electron chi connectivity index (χ0n) is 13.0. The third kappa shape index (κ3) is 3.18. The number of carboxylic acids is 1. The van der Waals surface area contributed by atoms with E-state index < -0.39 is 5.97 Å². The van der Waals surface area contributed by atoms with Crippen LogP contribution in [-0.2, 0) is 0 Å². The van der Waals surface area contributed by atoms with Gasteiger partial charge in [0.25, 0.3) is 11.8 Å². The highest BCUT2D eigenvalue weighted by molar-refractivity contribution is 7.13. The van der Waals surface area contributed by atoms with Gasteiger partial charge >= 0.3 is 5.97 Å². The van der Waals surface area contributed by atoms with E-state index in [-0.39, 0.29) is 23.3 Å². The van der Waals surface area contributed by atoms with Crippen LogP contribution in [0.3, 0.4) is 0 Å². The van der Waals surface area contributed by atoms with Crippen molar-refractivity contribution in [2.75, 3.05) is 26.2 Å². The molecule has 2 aromatic rings. The van der Waals surface area contributed by atoms with Gasteiger partial charge < -0.3 is 19.3 Å². The lowest BCUT2D eigenvalue weighted by atomic mass is 10.2. The number of aromatic carboxylic acids is 1. The van der Waals surface area contributed by atoms with Gasteiger partial charge in [-0.15, -0.1) is 11.3 Å². The van der Waals surface area contributed by atoms with Crippen molar-refractivity contribution < 1.29 is 23.9 Å². The number of hydrogen-bond donors (Lipinski definition) is 1. The van der Waals surface area contributed by atoms with Crippen LogP contribution in [0.5, 0.6) is 0 Å². The molecule has 0 spiro atoms. The molecular weight excluding hydrogens is 332 g/mol. The SMILES string of the molecule is Cc1ccc(C(=O)N2CCN(C(=O)c3ccc(C(=O)O)o3)CC2)s1. The molecule has 1 N–H and O–H groups in total. The third-order valence-corrected chi connectivity index (χ3v) is 4.82. The van der Waals surface area contributed by atoms with Gasteiger partial charge in [0.15, 0.2) is 5.76 Å². The van der Waals surface area contributed by atoms with Crippen LogP contribution < -0.4 is 0 Å². The summed E-state index contributed by atoms with van der Waals surface area (Å²) >= 11 is 1.46. The first-order chi connectivity index (χ1) is 11.5. The van der Waals surface area contributed by atoms with E-state index >= 15 is 0 Å². The molecule has 2 aromatic heterocycles. The minimum absolute atomic E-state index is 0.000980. The van der Waals surface area contributed by atoms with E-state index in [9.17, 15) is 14.4 Å². The van der Waals surface area contributed by atoms with Gasteiger partial charge in [-0.3, -0.25) is 9.59 Å².